The van der Waals surface area contributed by atoms with E-state index >= 15 is 0 Å². The molecule has 3 atom stereocenters. The molecule has 1 fully saturated rings. The van der Waals surface area contributed by atoms with Gasteiger partial charge in [0.15, 0.2) is 4.90 Å². The van der Waals surface area contributed by atoms with E-state index in [9.17, 15) is 14.1 Å². The fourth-order valence-electron chi connectivity index (χ4n) is 4.37. The van der Waals surface area contributed by atoms with E-state index in [4.69, 9.17) is 11.6 Å². The Hall–Kier alpha value is -3.03. The van der Waals surface area contributed by atoms with Crippen LogP contribution in [0, 0.1) is 18.3 Å². The normalized spacial score (nSPS) is 22.3. The number of hydroxylamine groups is 1. The first-order valence-corrected chi connectivity index (χ1v) is 12.0. The topological polar surface area (TPSA) is 108 Å². The smallest absolute Gasteiger partial charge is 0.251 e. The zero-order valence-electron chi connectivity index (χ0n) is 18.1. The summed E-state index contributed by atoms with van der Waals surface area (Å²) >= 11 is -0.971. The second kappa shape index (κ2) is 10.3. The van der Waals surface area contributed by atoms with Crippen molar-refractivity contribution in [3.8, 4) is 12.3 Å². The van der Waals surface area contributed by atoms with Crippen molar-refractivity contribution in [1.29, 1.82) is 0 Å². The van der Waals surface area contributed by atoms with E-state index in [1.54, 1.807) is 17.6 Å². The molecule has 2 aromatic carbocycles. The van der Waals surface area contributed by atoms with Crippen LogP contribution in [0.25, 0.3) is 0 Å². The van der Waals surface area contributed by atoms with Gasteiger partial charge in [0, 0.05) is 25.2 Å². The van der Waals surface area contributed by atoms with E-state index in [0.717, 1.165) is 16.1 Å². The van der Waals surface area contributed by atoms with Crippen molar-refractivity contribution >= 4 is 28.7 Å². The summed E-state index contributed by atoms with van der Waals surface area (Å²) < 4.78 is 12.3. The maximum Gasteiger partial charge on any atom is 0.251 e. The molecule has 0 bridgehead atoms. The fraction of sp³-hybridized carbons (Fsp3) is 0.333. The Labute approximate surface area is 196 Å². The molecule has 0 radical (unpaired) electrons. The number of hydrogen-bond acceptors (Lipinski definition) is 6. The second-order valence-corrected chi connectivity index (χ2v) is 9.74. The summed E-state index contributed by atoms with van der Waals surface area (Å²) in [6, 6.07) is 14.6. The minimum Gasteiger partial charge on any atom is -0.611 e. The molecule has 3 N–H and O–H groups in total. The lowest BCUT2D eigenvalue weighted by Gasteiger charge is -2.31. The Morgan fingerprint density at radius 3 is 2.67 bits per heavy atom. The van der Waals surface area contributed by atoms with Gasteiger partial charge >= 0.3 is 0 Å². The lowest BCUT2D eigenvalue weighted by molar-refractivity contribution is -0.133. The number of likely N-dealkylation sites (tertiary alicyclic amines) is 1. The van der Waals surface area contributed by atoms with Crippen molar-refractivity contribution in [2.24, 2.45) is 5.92 Å². The molecule has 0 aromatic heterocycles. The predicted octanol–water partition coefficient (Wildman–Crippen LogP) is 0.983. The Balaban J connectivity index is 1.41. The zero-order chi connectivity index (χ0) is 23.4. The van der Waals surface area contributed by atoms with Gasteiger partial charge in [-0.1, -0.05) is 30.2 Å². The number of amides is 2. The van der Waals surface area contributed by atoms with Gasteiger partial charge in [0.05, 0.1) is 30.7 Å². The van der Waals surface area contributed by atoms with Gasteiger partial charge in [-0.05, 0) is 41.0 Å². The highest BCUT2D eigenvalue weighted by atomic mass is 32.2. The highest BCUT2D eigenvalue weighted by Gasteiger charge is 2.38. The largest absolute Gasteiger partial charge is 0.611 e. The fourth-order valence-corrected chi connectivity index (χ4v) is 5.64. The summed E-state index contributed by atoms with van der Waals surface area (Å²) in [4.78, 5) is 29.8. The molecule has 1 saturated heterocycles. The molecule has 8 nitrogen and oxygen atoms in total. The van der Waals surface area contributed by atoms with Crippen LogP contribution in [-0.2, 0) is 22.5 Å². The van der Waals surface area contributed by atoms with Crippen LogP contribution in [0.4, 0.5) is 5.69 Å². The summed E-state index contributed by atoms with van der Waals surface area (Å²) in [5.41, 5.74) is 4.18. The standard InChI is InChI=1S/C24H26N4O4S/c1-2-11-27-15-19(24(30)26-31)20(16-27)25-23(29)18-9-7-17(8-10-18)14-28-12-13-33(32)22-6-4-3-5-21(22)28/h1,3-10,19-20,31H,11-16H2,(H,25,29)(H,26,30)/t19-,20+,33?/m0/s1. The molecule has 2 aromatic rings. The number of terminal acetylenes is 1. The van der Waals surface area contributed by atoms with Gasteiger partial charge in [-0.15, -0.1) is 6.42 Å². The van der Waals surface area contributed by atoms with Gasteiger partial charge in [-0.2, -0.15) is 0 Å². The van der Waals surface area contributed by atoms with E-state index in [0.29, 0.717) is 44.0 Å². The van der Waals surface area contributed by atoms with Crippen LogP contribution in [0.1, 0.15) is 15.9 Å². The minimum absolute atomic E-state index is 0.288. The molecular formula is C24H26N4O4S. The zero-order valence-corrected chi connectivity index (χ0v) is 18.9. The number of fused-ring (bicyclic) bond motifs is 1. The third-order valence-electron chi connectivity index (χ3n) is 6.06. The van der Waals surface area contributed by atoms with E-state index in [-0.39, 0.29) is 5.91 Å². The Morgan fingerprint density at radius 2 is 1.94 bits per heavy atom. The number of rotatable bonds is 6. The predicted molar refractivity (Wildman–Crippen MR) is 125 cm³/mol. The third kappa shape index (κ3) is 5.15. The van der Waals surface area contributed by atoms with Crippen LogP contribution in [0.2, 0.25) is 0 Å². The van der Waals surface area contributed by atoms with Gasteiger partial charge in [0.25, 0.3) is 5.91 Å². The first kappa shape index (κ1) is 23.1. The molecule has 1 unspecified atom stereocenters. The summed E-state index contributed by atoms with van der Waals surface area (Å²) in [5.74, 6) is 1.72. The van der Waals surface area contributed by atoms with E-state index < -0.39 is 29.0 Å². The van der Waals surface area contributed by atoms with E-state index in [1.165, 1.54) is 0 Å². The Bertz CT molecular complexity index is 1060. The molecule has 2 amide bonds. The number of anilines is 1. The first-order valence-electron chi connectivity index (χ1n) is 10.7. The van der Waals surface area contributed by atoms with Gasteiger partial charge in [-0.25, -0.2) is 5.48 Å². The van der Waals surface area contributed by atoms with Crippen molar-refractivity contribution < 1.29 is 19.3 Å². The quantitative estimate of drug-likeness (QED) is 0.254. The number of nitrogens with one attached hydrogen (secondary N) is 2. The molecule has 0 aliphatic carbocycles. The maximum atomic E-state index is 12.8. The average molecular weight is 467 g/mol. The SMILES string of the molecule is C#CCN1C[C@H](C(=O)NO)[C@H](NC(=O)c2ccc(CN3CC[S+]([O-])c4ccccc43)cc2)C1. The molecule has 172 valence electrons. The Morgan fingerprint density at radius 1 is 1.18 bits per heavy atom. The van der Waals surface area contributed by atoms with Gasteiger partial charge < -0.3 is 14.8 Å². The molecule has 0 spiro atoms. The molecule has 33 heavy (non-hydrogen) atoms. The monoisotopic (exact) mass is 466 g/mol. The van der Waals surface area contributed by atoms with Crippen molar-refractivity contribution in [1.82, 2.24) is 15.7 Å². The number of benzene rings is 2. The average Bonchev–Trinajstić information content (AvgIpc) is 3.23. The van der Waals surface area contributed by atoms with Gasteiger partial charge in [-0.3, -0.25) is 19.7 Å². The summed E-state index contributed by atoms with van der Waals surface area (Å²) in [6.07, 6.45) is 5.37. The summed E-state index contributed by atoms with van der Waals surface area (Å²) in [7, 11) is 0. The van der Waals surface area contributed by atoms with Crippen molar-refractivity contribution in [3.05, 3.63) is 59.7 Å². The number of hydrogen-bond donors (Lipinski definition) is 3. The highest BCUT2D eigenvalue weighted by Crippen LogP contribution is 2.31. The van der Waals surface area contributed by atoms with Crippen molar-refractivity contribution in [2.45, 2.75) is 17.5 Å². The van der Waals surface area contributed by atoms with Crippen molar-refractivity contribution in [3.63, 3.8) is 0 Å². The van der Waals surface area contributed by atoms with Crippen LogP contribution in [0.3, 0.4) is 0 Å². The summed E-state index contributed by atoms with van der Waals surface area (Å²) in [6.45, 7) is 2.52. The number of carbonyl (C=O) groups excluding carboxylic acids is 2. The van der Waals surface area contributed by atoms with Crippen LogP contribution >= 0.6 is 0 Å². The van der Waals surface area contributed by atoms with Gasteiger partial charge in [0.1, 0.15) is 5.75 Å². The van der Waals surface area contributed by atoms with Crippen molar-refractivity contribution in [2.75, 3.05) is 36.8 Å². The molecular weight excluding hydrogens is 440 g/mol. The lowest BCUT2D eigenvalue weighted by Crippen LogP contribution is -2.45. The third-order valence-corrected chi connectivity index (χ3v) is 7.45. The molecule has 9 heteroatoms. The molecule has 2 aliphatic heterocycles. The van der Waals surface area contributed by atoms with Gasteiger partial charge in [0.2, 0.25) is 5.91 Å². The second-order valence-electron chi connectivity index (χ2n) is 8.20. The van der Waals surface area contributed by atoms with Crippen LogP contribution in [0.15, 0.2) is 53.4 Å². The first-order chi connectivity index (χ1) is 16.0. The number of carbonyl (C=O) groups is 2. The molecule has 2 aliphatic rings. The minimum atomic E-state index is -0.971. The van der Waals surface area contributed by atoms with E-state index in [1.807, 2.05) is 41.3 Å². The lowest BCUT2D eigenvalue weighted by atomic mass is 10.0. The van der Waals surface area contributed by atoms with E-state index in [2.05, 4.69) is 16.1 Å². The molecule has 0 saturated carbocycles. The number of nitrogens with zero attached hydrogens (tertiary/aromatic N) is 2. The van der Waals surface area contributed by atoms with Crippen LogP contribution < -0.4 is 15.7 Å². The highest BCUT2D eigenvalue weighted by molar-refractivity contribution is 7.91. The Kier molecular flexibility index (Phi) is 7.20. The van der Waals surface area contributed by atoms with Crippen LogP contribution in [0.5, 0.6) is 0 Å². The number of para-hydroxylation sites is 1. The summed E-state index contributed by atoms with van der Waals surface area (Å²) in [5, 5.41) is 11.9. The maximum absolute atomic E-state index is 12.8. The van der Waals surface area contributed by atoms with Crippen LogP contribution in [-0.4, -0.2) is 64.4 Å². The molecule has 2 heterocycles. The molecule has 4 rings (SSSR count).